The lowest BCUT2D eigenvalue weighted by molar-refractivity contribution is -0.144. The van der Waals surface area contributed by atoms with Gasteiger partial charge >= 0.3 is 5.97 Å². The number of ether oxygens (including phenoxy) is 2. The molecule has 2 aromatic rings. The van der Waals surface area contributed by atoms with Gasteiger partial charge < -0.3 is 9.47 Å². The maximum absolute atomic E-state index is 12.3. The highest BCUT2D eigenvalue weighted by molar-refractivity contribution is 6.30. The van der Waals surface area contributed by atoms with Crippen molar-refractivity contribution in [3.63, 3.8) is 0 Å². The zero-order valence-electron chi connectivity index (χ0n) is 14.5. The molecule has 0 spiro atoms. The summed E-state index contributed by atoms with van der Waals surface area (Å²) in [6.45, 7) is 3.62. The molecule has 132 valence electrons. The molecule has 5 heteroatoms. The van der Waals surface area contributed by atoms with Gasteiger partial charge in [0.25, 0.3) is 0 Å². The molecule has 0 aliphatic carbocycles. The van der Waals surface area contributed by atoms with Gasteiger partial charge in [0.1, 0.15) is 11.4 Å². The third kappa shape index (κ3) is 5.91. The standard InChI is InChI=1S/C20H21ClO4/c1-20(2,13-19(23)24-3)25-17-10-6-15(7-11-17)18(22)12-14-4-8-16(21)9-5-14/h4-11H,12-13H2,1-3H3. The molecule has 0 aliphatic rings. The van der Waals surface area contributed by atoms with E-state index in [1.54, 1.807) is 36.4 Å². The summed E-state index contributed by atoms with van der Waals surface area (Å²) in [4.78, 5) is 23.7. The first-order valence-corrected chi connectivity index (χ1v) is 8.30. The Morgan fingerprint density at radius 1 is 1.00 bits per heavy atom. The molecule has 0 radical (unpaired) electrons. The van der Waals surface area contributed by atoms with E-state index in [4.69, 9.17) is 16.3 Å². The molecule has 25 heavy (non-hydrogen) atoms. The minimum absolute atomic E-state index is 0.0164. The fourth-order valence-corrected chi connectivity index (χ4v) is 2.50. The summed E-state index contributed by atoms with van der Waals surface area (Å²) >= 11 is 5.85. The molecule has 0 N–H and O–H groups in total. The lowest BCUT2D eigenvalue weighted by Crippen LogP contribution is -2.31. The summed E-state index contributed by atoms with van der Waals surface area (Å²) in [7, 11) is 1.35. The Morgan fingerprint density at radius 3 is 2.16 bits per heavy atom. The van der Waals surface area contributed by atoms with Gasteiger partial charge in [0.2, 0.25) is 0 Å². The molecule has 2 rings (SSSR count). The maximum Gasteiger partial charge on any atom is 0.309 e. The second kappa shape index (κ2) is 8.17. The van der Waals surface area contributed by atoms with Crippen LogP contribution >= 0.6 is 11.6 Å². The summed E-state index contributed by atoms with van der Waals surface area (Å²) in [6.07, 6.45) is 0.450. The molecule has 0 aromatic heterocycles. The second-order valence-electron chi connectivity index (χ2n) is 6.37. The molecule has 0 unspecified atom stereocenters. The Morgan fingerprint density at radius 2 is 1.60 bits per heavy atom. The predicted octanol–water partition coefficient (Wildman–Crippen LogP) is 4.49. The highest BCUT2D eigenvalue weighted by atomic mass is 35.5. The van der Waals surface area contributed by atoms with Crippen molar-refractivity contribution in [3.8, 4) is 5.75 Å². The van der Waals surface area contributed by atoms with Crippen LogP contribution in [0.15, 0.2) is 48.5 Å². The first-order valence-electron chi connectivity index (χ1n) is 7.92. The van der Waals surface area contributed by atoms with E-state index in [-0.39, 0.29) is 18.2 Å². The van der Waals surface area contributed by atoms with E-state index in [0.717, 1.165) is 5.56 Å². The second-order valence-corrected chi connectivity index (χ2v) is 6.80. The molecule has 2 aromatic carbocycles. The molecule has 0 amide bonds. The molecule has 0 heterocycles. The van der Waals surface area contributed by atoms with E-state index in [2.05, 4.69) is 4.74 Å². The molecule has 0 fully saturated rings. The highest BCUT2D eigenvalue weighted by Gasteiger charge is 2.24. The molecule has 0 bridgehead atoms. The highest BCUT2D eigenvalue weighted by Crippen LogP contribution is 2.22. The largest absolute Gasteiger partial charge is 0.487 e. The molecular formula is C20H21ClO4. The van der Waals surface area contributed by atoms with Crippen molar-refractivity contribution in [2.24, 2.45) is 0 Å². The van der Waals surface area contributed by atoms with E-state index >= 15 is 0 Å². The number of carbonyl (C=O) groups excluding carboxylic acids is 2. The number of benzene rings is 2. The van der Waals surface area contributed by atoms with Gasteiger partial charge in [0.15, 0.2) is 5.78 Å². The van der Waals surface area contributed by atoms with Crippen molar-refractivity contribution in [3.05, 3.63) is 64.7 Å². The van der Waals surface area contributed by atoms with Crippen LogP contribution in [0.25, 0.3) is 0 Å². The van der Waals surface area contributed by atoms with Crippen molar-refractivity contribution in [2.75, 3.05) is 7.11 Å². The maximum atomic E-state index is 12.3. The minimum Gasteiger partial charge on any atom is -0.487 e. The van der Waals surface area contributed by atoms with E-state index in [1.165, 1.54) is 7.11 Å². The Balaban J connectivity index is 2.00. The SMILES string of the molecule is COC(=O)CC(C)(C)Oc1ccc(C(=O)Cc2ccc(Cl)cc2)cc1. The normalized spacial score (nSPS) is 11.0. The number of carbonyl (C=O) groups is 2. The smallest absolute Gasteiger partial charge is 0.309 e. The summed E-state index contributed by atoms with van der Waals surface area (Å²) < 4.78 is 10.5. The van der Waals surface area contributed by atoms with E-state index < -0.39 is 5.60 Å². The number of Topliss-reactive ketones (excluding diaryl/α,β-unsaturated/α-hetero) is 1. The van der Waals surface area contributed by atoms with E-state index in [0.29, 0.717) is 22.8 Å². The molecule has 0 saturated carbocycles. The van der Waals surface area contributed by atoms with Crippen LogP contribution in [0.2, 0.25) is 5.02 Å². The third-order valence-corrected chi connectivity index (χ3v) is 3.90. The van der Waals surface area contributed by atoms with Gasteiger partial charge in [0, 0.05) is 17.0 Å². The van der Waals surface area contributed by atoms with Crippen molar-refractivity contribution in [1.29, 1.82) is 0 Å². The summed E-state index contributed by atoms with van der Waals surface area (Å²) in [5, 5.41) is 0.646. The minimum atomic E-state index is -0.693. The molecule has 4 nitrogen and oxygen atoms in total. The van der Waals surface area contributed by atoms with Crippen molar-refractivity contribution < 1.29 is 19.1 Å². The van der Waals surface area contributed by atoms with Gasteiger partial charge in [-0.1, -0.05) is 23.7 Å². The zero-order valence-corrected chi connectivity index (χ0v) is 15.3. The zero-order chi connectivity index (χ0) is 18.4. The first kappa shape index (κ1) is 19.0. The number of hydrogen-bond donors (Lipinski definition) is 0. The molecule has 0 saturated heterocycles. The van der Waals surface area contributed by atoms with Gasteiger partial charge in [-0.25, -0.2) is 0 Å². The van der Waals surface area contributed by atoms with Gasteiger partial charge in [-0.3, -0.25) is 9.59 Å². The Bertz CT molecular complexity index is 733. The predicted molar refractivity (Wildman–Crippen MR) is 97.3 cm³/mol. The number of methoxy groups -OCH3 is 1. The average Bonchev–Trinajstić information content (AvgIpc) is 2.56. The van der Waals surface area contributed by atoms with Gasteiger partial charge in [-0.15, -0.1) is 0 Å². The van der Waals surface area contributed by atoms with Gasteiger partial charge in [0.05, 0.1) is 13.5 Å². The van der Waals surface area contributed by atoms with Crippen LogP contribution in [0, 0.1) is 0 Å². The van der Waals surface area contributed by atoms with Crippen LogP contribution in [-0.4, -0.2) is 24.5 Å². The first-order chi connectivity index (χ1) is 11.8. The van der Waals surface area contributed by atoms with Crippen molar-refractivity contribution in [2.45, 2.75) is 32.3 Å². The number of hydrogen-bond acceptors (Lipinski definition) is 4. The number of halogens is 1. The van der Waals surface area contributed by atoms with Crippen LogP contribution < -0.4 is 4.74 Å². The van der Waals surface area contributed by atoms with E-state index in [9.17, 15) is 9.59 Å². The Labute approximate surface area is 152 Å². The van der Waals surface area contributed by atoms with Gasteiger partial charge in [-0.2, -0.15) is 0 Å². The van der Waals surface area contributed by atoms with Crippen LogP contribution in [0.4, 0.5) is 0 Å². The Kier molecular flexibility index (Phi) is 6.21. The number of rotatable bonds is 7. The quantitative estimate of drug-likeness (QED) is 0.539. The van der Waals surface area contributed by atoms with Crippen LogP contribution in [0.1, 0.15) is 36.2 Å². The summed E-state index contributed by atoms with van der Waals surface area (Å²) in [5.74, 6) is 0.277. The molecular weight excluding hydrogens is 340 g/mol. The third-order valence-electron chi connectivity index (χ3n) is 3.65. The topological polar surface area (TPSA) is 52.6 Å². The summed E-state index contributed by atoms with van der Waals surface area (Å²) in [6, 6.07) is 14.1. The van der Waals surface area contributed by atoms with Crippen LogP contribution in [0.5, 0.6) is 5.75 Å². The monoisotopic (exact) mass is 360 g/mol. The molecule has 0 atom stereocenters. The van der Waals surface area contributed by atoms with Gasteiger partial charge in [-0.05, 0) is 55.8 Å². The van der Waals surface area contributed by atoms with Crippen molar-refractivity contribution in [1.82, 2.24) is 0 Å². The fraction of sp³-hybridized carbons (Fsp3) is 0.300. The number of ketones is 1. The average molecular weight is 361 g/mol. The molecule has 0 aliphatic heterocycles. The summed E-state index contributed by atoms with van der Waals surface area (Å²) in [5.41, 5.74) is 0.823. The van der Waals surface area contributed by atoms with Crippen LogP contribution in [0.3, 0.4) is 0 Å². The fourth-order valence-electron chi connectivity index (χ4n) is 2.37. The Hall–Kier alpha value is -2.33. The lowest BCUT2D eigenvalue weighted by atomic mass is 10.0. The lowest BCUT2D eigenvalue weighted by Gasteiger charge is -2.25. The van der Waals surface area contributed by atoms with Crippen molar-refractivity contribution >= 4 is 23.4 Å². The number of esters is 1. The van der Waals surface area contributed by atoms with Crippen LogP contribution in [-0.2, 0) is 16.0 Å². The van der Waals surface area contributed by atoms with E-state index in [1.807, 2.05) is 26.0 Å².